The second-order valence-electron chi connectivity index (χ2n) is 3.97. The number of hydrogen-bond acceptors (Lipinski definition) is 2. The monoisotopic (exact) mass is 398 g/mol. The first-order chi connectivity index (χ1) is 9.56. The maximum absolute atomic E-state index is 11.9. The lowest BCUT2D eigenvalue weighted by Gasteiger charge is -2.09. The zero-order valence-electron chi connectivity index (χ0n) is 10.6. The minimum atomic E-state index is -0.316. The number of methoxy groups -OCH3 is 1. The minimum Gasteiger partial charge on any atom is -0.497 e. The third-order valence-electron chi connectivity index (χ3n) is 2.45. The van der Waals surface area contributed by atoms with Gasteiger partial charge in [-0.3, -0.25) is 0 Å². The van der Waals surface area contributed by atoms with Crippen LogP contribution in [0.3, 0.4) is 0 Å². The van der Waals surface area contributed by atoms with Gasteiger partial charge in [0.25, 0.3) is 0 Å². The summed E-state index contributed by atoms with van der Waals surface area (Å²) in [7, 11) is 1.58. The first kappa shape index (κ1) is 14.9. The number of amides is 2. The zero-order chi connectivity index (χ0) is 14.5. The molecule has 104 valence electrons. The molecule has 0 unspecified atom stereocenters. The lowest BCUT2D eigenvalue weighted by atomic mass is 10.3. The molecule has 0 aliphatic rings. The molecule has 0 aromatic heterocycles. The van der Waals surface area contributed by atoms with Crippen molar-refractivity contribution in [3.05, 3.63) is 51.4 Å². The summed E-state index contributed by atoms with van der Waals surface area (Å²) in [5.41, 5.74) is 1.35. The van der Waals surface area contributed by atoms with Gasteiger partial charge < -0.3 is 15.4 Å². The van der Waals surface area contributed by atoms with Crippen molar-refractivity contribution in [2.75, 3.05) is 17.7 Å². The predicted molar refractivity (Wildman–Crippen MR) is 87.5 cm³/mol. The van der Waals surface area contributed by atoms with Gasteiger partial charge in [-0.2, -0.15) is 0 Å². The Labute approximate surface area is 133 Å². The van der Waals surface area contributed by atoms with Crippen molar-refractivity contribution in [3.63, 3.8) is 0 Å². The summed E-state index contributed by atoms with van der Waals surface area (Å²) >= 11 is 6.74. The summed E-state index contributed by atoms with van der Waals surface area (Å²) in [4.78, 5) is 11.9. The van der Waals surface area contributed by atoms with Gasteiger partial charge in [0.2, 0.25) is 0 Å². The molecule has 0 heterocycles. The SMILES string of the molecule is COc1cccc(NC(=O)Nc2cc(Br)cc(Br)c2)c1. The highest BCUT2D eigenvalue weighted by Gasteiger charge is 2.05. The molecule has 20 heavy (non-hydrogen) atoms. The lowest BCUT2D eigenvalue weighted by molar-refractivity contribution is 0.262. The van der Waals surface area contributed by atoms with Crippen molar-refractivity contribution in [2.24, 2.45) is 0 Å². The fourth-order valence-corrected chi connectivity index (χ4v) is 2.91. The fourth-order valence-electron chi connectivity index (χ4n) is 1.62. The Morgan fingerprint density at radius 2 is 1.65 bits per heavy atom. The molecule has 2 aromatic carbocycles. The molecule has 0 aliphatic heterocycles. The van der Waals surface area contributed by atoms with Crippen molar-refractivity contribution in [3.8, 4) is 5.75 Å². The number of ether oxygens (including phenoxy) is 1. The van der Waals surface area contributed by atoms with Crippen LogP contribution in [-0.4, -0.2) is 13.1 Å². The molecule has 2 amide bonds. The number of halogens is 2. The van der Waals surface area contributed by atoms with Crippen LogP contribution in [0.5, 0.6) is 5.75 Å². The van der Waals surface area contributed by atoms with Gasteiger partial charge >= 0.3 is 6.03 Å². The Morgan fingerprint density at radius 1 is 1.00 bits per heavy atom. The van der Waals surface area contributed by atoms with Crippen molar-refractivity contribution >= 4 is 49.3 Å². The van der Waals surface area contributed by atoms with Crippen molar-refractivity contribution < 1.29 is 9.53 Å². The number of rotatable bonds is 3. The van der Waals surface area contributed by atoms with E-state index < -0.39 is 0 Å². The molecule has 0 spiro atoms. The number of anilines is 2. The van der Waals surface area contributed by atoms with Gasteiger partial charge in [0, 0.05) is 26.4 Å². The van der Waals surface area contributed by atoms with Crippen molar-refractivity contribution in [2.45, 2.75) is 0 Å². The van der Waals surface area contributed by atoms with Crippen LogP contribution in [0.2, 0.25) is 0 Å². The molecule has 0 bridgehead atoms. The average molecular weight is 400 g/mol. The number of carbonyl (C=O) groups excluding carboxylic acids is 1. The van der Waals surface area contributed by atoms with E-state index in [1.54, 1.807) is 19.2 Å². The van der Waals surface area contributed by atoms with E-state index in [1.165, 1.54) is 0 Å². The topological polar surface area (TPSA) is 50.4 Å². The maximum Gasteiger partial charge on any atom is 0.323 e. The normalized spacial score (nSPS) is 9.95. The van der Waals surface area contributed by atoms with E-state index in [-0.39, 0.29) is 6.03 Å². The summed E-state index contributed by atoms with van der Waals surface area (Å²) in [5, 5.41) is 5.50. The number of benzene rings is 2. The molecule has 0 atom stereocenters. The number of carbonyl (C=O) groups is 1. The Morgan fingerprint density at radius 3 is 2.30 bits per heavy atom. The van der Waals surface area contributed by atoms with Gasteiger partial charge in [0.05, 0.1) is 7.11 Å². The standard InChI is InChI=1S/C14H12Br2N2O2/c1-20-13-4-2-3-11(8-13)17-14(19)18-12-6-9(15)5-10(16)7-12/h2-8H,1H3,(H2,17,18,19). The van der Waals surface area contributed by atoms with Gasteiger partial charge in [0.1, 0.15) is 5.75 Å². The molecule has 2 aromatic rings. The van der Waals surface area contributed by atoms with E-state index in [4.69, 9.17) is 4.74 Å². The van der Waals surface area contributed by atoms with Crippen LogP contribution in [0.1, 0.15) is 0 Å². The third kappa shape index (κ3) is 4.25. The van der Waals surface area contributed by atoms with Crippen LogP contribution in [0.4, 0.5) is 16.2 Å². The molecule has 6 heteroatoms. The van der Waals surface area contributed by atoms with E-state index in [0.29, 0.717) is 17.1 Å². The van der Waals surface area contributed by atoms with Crippen molar-refractivity contribution in [1.82, 2.24) is 0 Å². The largest absolute Gasteiger partial charge is 0.497 e. The second-order valence-corrected chi connectivity index (χ2v) is 5.80. The highest BCUT2D eigenvalue weighted by molar-refractivity contribution is 9.11. The fraction of sp³-hybridized carbons (Fsp3) is 0.0714. The Bertz CT molecular complexity index is 612. The Hall–Kier alpha value is -1.53. The third-order valence-corrected chi connectivity index (χ3v) is 3.36. The van der Waals surface area contributed by atoms with Gasteiger partial charge in [-0.15, -0.1) is 0 Å². The van der Waals surface area contributed by atoms with Crippen LogP contribution in [0.15, 0.2) is 51.4 Å². The molecule has 4 nitrogen and oxygen atoms in total. The molecule has 0 fully saturated rings. The van der Waals surface area contributed by atoms with Gasteiger partial charge in [0.15, 0.2) is 0 Å². The highest BCUT2D eigenvalue weighted by Crippen LogP contribution is 2.23. The van der Waals surface area contributed by atoms with E-state index >= 15 is 0 Å². The molecule has 0 radical (unpaired) electrons. The molecule has 0 saturated carbocycles. The Kier molecular flexibility index (Phi) is 5.03. The predicted octanol–water partition coefficient (Wildman–Crippen LogP) is 4.86. The summed E-state index contributed by atoms with van der Waals surface area (Å²) in [6, 6.07) is 12.4. The summed E-state index contributed by atoms with van der Waals surface area (Å²) in [6.45, 7) is 0. The first-order valence-electron chi connectivity index (χ1n) is 5.75. The van der Waals surface area contributed by atoms with Gasteiger partial charge in [-0.05, 0) is 30.3 Å². The number of nitrogens with one attached hydrogen (secondary N) is 2. The van der Waals surface area contributed by atoms with Crippen LogP contribution >= 0.6 is 31.9 Å². The van der Waals surface area contributed by atoms with Gasteiger partial charge in [-0.25, -0.2) is 4.79 Å². The van der Waals surface area contributed by atoms with E-state index in [9.17, 15) is 4.79 Å². The lowest BCUT2D eigenvalue weighted by Crippen LogP contribution is -2.19. The van der Waals surface area contributed by atoms with Crippen LogP contribution < -0.4 is 15.4 Å². The van der Waals surface area contributed by atoms with E-state index in [2.05, 4.69) is 42.5 Å². The molecule has 0 aliphatic carbocycles. The van der Waals surface area contributed by atoms with E-state index in [1.807, 2.05) is 30.3 Å². The van der Waals surface area contributed by atoms with Crippen LogP contribution in [0, 0.1) is 0 Å². The minimum absolute atomic E-state index is 0.316. The smallest absolute Gasteiger partial charge is 0.323 e. The summed E-state index contributed by atoms with van der Waals surface area (Å²) < 4.78 is 6.86. The van der Waals surface area contributed by atoms with Crippen molar-refractivity contribution in [1.29, 1.82) is 0 Å². The summed E-state index contributed by atoms with van der Waals surface area (Å²) in [5.74, 6) is 0.688. The quantitative estimate of drug-likeness (QED) is 0.773. The molecular weight excluding hydrogens is 388 g/mol. The highest BCUT2D eigenvalue weighted by atomic mass is 79.9. The first-order valence-corrected chi connectivity index (χ1v) is 7.33. The zero-order valence-corrected chi connectivity index (χ0v) is 13.8. The number of hydrogen-bond donors (Lipinski definition) is 2. The molecular formula is C14H12Br2N2O2. The van der Waals surface area contributed by atoms with Gasteiger partial charge in [-0.1, -0.05) is 37.9 Å². The number of urea groups is 1. The molecule has 2 rings (SSSR count). The van der Waals surface area contributed by atoms with E-state index in [0.717, 1.165) is 8.95 Å². The second kappa shape index (κ2) is 6.76. The summed E-state index contributed by atoms with van der Waals surface area (Å²) in [6.07, 6.45) is 0. The van der Waals surface area contributed by atoms with Crippen LogP contribution in [0.25, 0.3) is 0 Å². The molecule has 2 N–H and O–H groups in total. The molecule has 0 saturated heterocycles. The average Bonchev–Trinajstić information content (AvgIpc) is 2.37. The maximum atomic E-state index is 11.9. The van der Waals surface area contributed by atoms with Crippen LogP contribution in [-0.2, 0) is 0 Å². The Balaban J connectivity index is 2.04.